The zero-order valence-electron chi connectivity index (χ0n) is 23.5. The Morgan fingerprint density at radius 2 is 2.08 bits per heavy atom. The molecule has 2 atom stereocenters. The molecule has 2 N–H and O–H groups in total. The highest BCUT2D eigenvalue weighted by Crippen LogP contribution is 2.53. The number of alkyl halides is 2. The van der Waals surface area contributed by atoms with Crippen LogP contribution >= 0.6 is 0 Å². The van der Waals surface area contributed by atoms with Crippen molar-refractivity contribution in [2.45, 2.75) is 56.7 Å². The molecular formula is C28H26F2N6O2. The number of hydrogen-bond acceptors (Lipinski definition) is 6. The Labute approximate surface area is 221 Å². The van der Waals surface area contributed by atoms with Gasteiger partial charge in [0.1, 0.15) is 11.6 Å². The first kappa shape index (κ1) is 20.1. The smallest absolute Gasteiger partial charge is 0.387 e. The summed E-state index contributed by atoms with van der Waals surface area (Å²) in [6.45, 7) is -4.01. The Morgan fingerprint density at radius 3 is 2.79 bits per heavy atom. The van der Waals surface area contributed by atoms with Gasteiger partial charge in [0.25, 0.3) is 5.91 Å². The van der Waals surface area contributed by atoms with Crippen LogP contribution in [0.2, 0.25) is 0 Å². The fraction of sp³-hybridized carbons (Fsp3) is 0.357. The van der Waals surface area contributed by atoms with Gasteiger partial charge in [-0.15, -0.1) is 0 Å². The second-order valence-corrected chi connectivity index (χ2v) is 10.3. The van der Waals surface area contributed by atoms with E-state index in [0.717, 1.165) is 41.0 Å². The van der Waals surface area contributed by atoms with E-state index in [4.69, 9.17) is 24.7 Å². The second kappa shape index (κ2) is 8.04. The largest absolute Gasteiger partial charge is 0.434 e. The van der Waals surface area contributed by atoms with Crippen molar-refractivity contribution in [1.82, 2.24) is 24.5 Å². The molecule has 194 valence electrons. The van der Waals surface area contributed by atoms with Crippen molar-refractivity contribution >= 4 is 11.4 Å². The monoisotopic (exact) mass is 519 g/mol. The topological polar surface area (TPSA) is 98.6 Å². The number of pyridine rings is 1. The third-order valence-corrected chi connectivity index (χ3v) is 8.20. The van der Waals surface area contributed by atoms with E-state index >= 15 is 0 Å². The van der Waals surface area contributed by atoms with Gasteiger partial charge in [0, 0.05) is 57.3 Å². The molecule has 7 rings (SSSR count). The standard InChI is InChI=1S/C28H26F2N6O2/c1-14-18(13-32-26(33-14)28(31)8-4-9-28)15-7-10-36-19(11-15)23-17-12-20(24(23)34-36)35(2)25(37)16-5-3-6-21(22(16)17)38-27(29)30/h3,5-7,10-11,13,17,20,27H,4,8-9,12,31H2,1-2H3/t17-,20-/m1/s1/i2D3. The van der Waals surface area contributed by atoms with Crippen LogP contribution in [-0.2, 0) is 5.54 Å². The number of rotatable bonds is 4. The molecule has 1 aromatic carbocycles. The van der Waals surface area contributed by atoms with Gasteiger partial charge in [0.05, 0.1) is 22.8 Å². The summed E-state index contributed by atoms with van der Waals surface area (Å²) in [5.41, 5.74) is 10.4. The van der Waals surface area contributed by atoms with Gasteiger partial charge >= 0.3 is 6.61 Å². The predicted octanol–water partition coefficient (Wildman–Crippen LogP) is 4.70. The van der Waals surface area contributed by atoms with Gasteiger partial charge in [0.2, 0.25) is 0 Å². The Balaban J connectivity index is 1.42. The molecule has 0 unspecified atom stereocenters. The van der Waals surface area contributed by atoms with Crippen molar-refractivity contribution < 1.29 is 22.4 Å². The Bertz CT molecular complexity index is 1740. The first-order valence-corrected chi connectivity index (χ1v) is 12.5. The number of carbonyl (C=O) groups excluding carboxylic acids is 1. The van der Waals surface area contributed by atoms with Crippen molar-refractivity contribution in [3.63, 3.8) is 0 Å². The molecule has 0 radical (unpaired) electrons. The molecule has 0 saturated heterocycles. The normalized spacial score (nSPS) is 22.8. The number of nitrogens with zero attached hydrogens (tertiary/aromatic N) is 5. The molecule has 4 aromatic rings. The Kier molecular flexibility index (Phi) is 4.25. The summed E-state index contributed by atoms with van der Waals surface area (Å²) >= 11 is 0. The van der Waals surface area contributed by atoms with Crippen molar-refractivity contribution in [3.05, 3.63) is 76.6 Å². The highest BCUT2D eigenvalue weighted by Gasteiger charge is 2.46. The summed E-state index contributed by atoms with van der Waals surface area (Å²) in [4.78, 5) is 23.7. The van der Waals surface area contributed by atoms with E-state index < -0.39 is 37.0 Å². The number of benzene rings is 1. The molecule has 10 heteroatoms. The highest BCUT2D eigenvalue weighted by molar-refractivity contribution is 5.98. The second-order valence-electron chi connectivity index (χ2n) is 10.3. The van der Waals surface area contributed by atoms with Crippen LogP contribution in [0.3, 0.4) is 0 Å². The summed E-state index contributed by atoms with van der Waals surface area (Å²) in [5.74, 6) is -0.900. The van der Waals surface area contributed by atoms with Crippen LogP contribution < -0.4 is 10.5 Å². The van der Waals surface area contributed by atoms with E-state index in [1.165, 1.54) is 18.2 Å². The third kappa shape index (κ3) is 3.22. The van der Waals surface area contributed by atoms with Crippen LogP contribution in [0.15, 0.2) is 42.7 Å². The summed E-state index contributed by atoms with van der Waals surface area (Å²) in [7, 11) is 0. The van der Waals surface area contributed by atoms with Gasteiger partial charge in [0.15, 0.2) is 0 Å². The Hall–Kier alpha value is -3.92. The minimum Gasteiger partial charge on any atom is -0.434 e. The van der Waals surface area contributed by atoms with Crippen molar-refractivity contribution in [1.29, 1.82) is 0 Å². The number of carbonyl (C=O) groups is 1. The van der Waals surface area contributed by atoms with Crippen LogP contribution in [0.1, 0.15) is 80.5 Å². The van der Waals surface area contributed by atoms with Crippen molar-refractivity contribution in [3.8, 4) is 16.9 Å². The van der Waals surface area contributed by atoms with Gasteiger partial charge in [-0.1, -0.05) is 6.07 Å². The van der Waals surface area contributed by atoms with Crippen LogP contribution in [0, 0.1) is 6.92 Å². The molecule has 38 heavy (non-hydrogen) atoms. The van der Waals surface area contributed by atoms with E-state index in [1.807, 2.05) is 19.1 Å². The third-order valence-electron chi connectivity index (χ3n) is 8.20. The lowest BCUT2D eigenvalue weighted by molar-refractivity contribution is -0.0505. The molecule has 3 aliphatic rings. The van der Waals surface area contributed by atoms with E-state index in [0.29, 0.717) is 22.6 Å². The van der Waals surface area contributed by atoms with Gasteiger partial charge in [-0.25, -0.2) is 14.5 Å². The predicted molar refractivity (Wildman–Crippen MR) is 135 cm³/mol. The fourth-order valence-corrected chi connectivity index (χ4v) is 6.13. The molecule has 8 nitrogen and oxygen atoms in total. The maximum Gasteiger partial charge on any atom is 0.387 e. The maximum atomic E-state index is 13.6. The quantitative estimate of drug-likeness (QED) is 0.420. The zero-order chi connectivity index (χ0) is 28.8. The maximum absolute atomic E-state index is 13.6. The average molecular weight is 520 g/mol. The van der Waals surface area contributed by atoms with Gasteiger partial charge in [-0.3, -0.25) is 4.79 Å². The summed E-state index contributed by atoms with van der Waals surface area (Å²) in [5, 5.41) is 4.70. The molecule has 0 spiro atoms. The number of hydrogen-bond donors (Lipinski definition) is 1. The van der Waals surface area contributed by atoms with Crippen LogP contribution in [-0.4, -0.2) is 44.0 Å². The van der Waals surface area contributed by atoms with Crippen LogP contribution in [0.5, 0.6) is 5.75 Å². The number of amides is 1. The number of ether oxygens (including phenoxy) is 1. The van der Waals surface area contributed by atoms with Crippen molar-refractivity contribution in [2.75, 3.05) is 6.98 Å². The molecule has 1 aliphatic heterocycles. The summed E-state index contributed by atoms with van der Waals surface area (Å²) < 4.78 is 57.9. The molecule has 2 bridgehead atoms. The number of aryl methyl sites for hydroxylation is 1. The molecule has 2 aliphatic carbocycles. The zero-order valence-corrected chi connectivity index (χ0v) is 20.5. The van der Waals surface area contributed by atoms with Crippen LogP contribution in [0.25, 0.3) is 16.6 Å². The first-order valence-electron chi connectivity index (χ1n) is 14.0. The Morgan fingerprint density at radius 1 is 1.24 bits per heavy atom. The fourth-order valence-electron chi connectivity index (χ4n) is 6.13. The molecule has 1 saturated carbocycles. The number of fused-ring (bicyclic) bond motifs is 9. The molecule has 4 heterocycles. The average Bonchev–Trinajstić information content (AvgIpc) is 3.39. The van der Waals surface area contributed by atoms with Crippen LogP contribution in [0.4, 0.5) is 8.78 Å². The number of halogens is 2. The summed E-state index contributed by atoms with van der Waals surface area (Å²) in [6.07, 6.45) is 6.42. The van der Waals surface area contributed by atoms with Crippen molar-refractivity contribution in [2.24, 2.45) is 5.73 Å². The lowest BCUT2D eigenvalue weighted by Gasteiger charge is -2.36. The minimum atomic E-state index is -3.12. The lowest BCUT2D eigenvalue weighted by Crippen LogP contribution is -2.45. The number of nitrogens with two attached hydrogens (primary N) is 1. The van der Waals surface area contributed by atoms with E-state index in [1.54, 1.807) is 16.9 Å². The SMILES string of the molecule is [2H]C([2H])([2H])N1C(=O)c2cccc(OC(F)F)c2[C@H]2C[C@@H]1c1nn3ccc(-c4cnc(C5(N)CCC5)nc4C)cc3c12. The van der Waals surface area contributed by atoms with Gasteiger partial charge in [-0.2, -0.15) is 13.9 Å². The van der Waals surface area contributed by atoms with Gasteiger partial charge in [-0.05, 0) is 62.4 Å². The summed E-state index contributed by atoms with van der Waals surface area (Å²) in [6, 6.07) is 7.15. The number of aromatic nitrogens is 4. The molecular weight excluding hydrogens is 490 g/mol. The van der Waals surface area contributed by atoms with E-state index in [2.05, 4.69) is 4.98 Å². The molecule has 1 fully saturated rings. The lowest BCUT2D eigenvalue weighted by atomic mass is 9.77. The first-order chi connectivity index (χ1) is 19.5. The van der Waals surface area contributed by atoms with E-state index in [9.17, 15) is 13.6 Å². The highest BCUT2D eigenvalue weighted by atomic mass is 19.3. The van der Waals surface area contributed by atoms with E-state index in [-0.39, 0.29) is 23.3 Å². The van der Waals surface area contributed by atoms with Gasteiger partial charge < -0.3 is 15.4 Å². The molecule has 1 amide bonds. The minimum absolute atomic E-state index is 0.0273. The molecule has 3 aromatic heterocycles.